The van der Waals surface area contributed by atoms with E-state index in [0.717, 1.165) is 25.7 Å². The molecule has 4 heteroatoms. The third-order valence-electron chi connectivity index (χ3n) is 5.07. The summed E-state index contributed by atoms with van der Waals surface area (Å²) in [6.45, 7) is 4.11. The zero-order chi connectivity index (χ0) is 18.8. The summed E-state index contributed by atoms with van der Waals surface area (Å²) in [5.41, 5.74) is 1.83. The molecule has 0 bridgehead atoms. The van der Waals surface area contributed by atoms with E-state index in [2.05, 4.69) is 13.8 Å². The Morgan fingerprint density at radius 3 is 1.42 bits per heavy atom. The summed E-state index contributed by atoms with van der Waals surface area (Å²) in [6.07, 6.45) is 5.05. The van der Waals surface area contributed by atoms with Crippen molar-refractivity contribution >= 4 is 11.6 Å². The van der Waals surface area contributed by atoms with Crippen LogP contribution in [0.3, 0.4) is 0 Å². The van der Waals surface area contributed by atoms with E-state index in [1.807, 2.05) is 0 Å². The molecule has 0 atom stereocenters. The van der Waals surface area contributed by atoms with Crippen molar-refractivity contribution in [3.05, 3.63) is 57.6 Å². The number of phenolic OH excluding ortho intramolecular Hbond substituents is 2. The van der Waals surface area contributed by atoms with E-state index in [1.165, 1.54) is 0 Å². The third-order valence-corrected chi connectivity index (χ3v) is 5.07. The molecule has 3 rings (SSSR count). The van der Waals surface area contributed by atoms with E-state index < -0.39 is 11.6 Å². The van der Waals surface area contributed by atoms with Crippen LogP contribution in [-0.4, -0.2) is 21.8 Å². The lowest BCUT2D eigenvalue weighted by Gasteiger charge is -2.22. The normalized spacial score (nSPS) is 12.8. The summed E-state index contributed by atoms with van der Waals surface area (Å²) >= 11 is 0. The lowest BCUT2D eigenvalue weighted by atomic mass is 9.80. The molecule has 26 heavy (non-hydrogen) atoms. The molecule has 0 saturated carbocycles. The Balaban J connectivity index is 2.11. The quantitative estimate of drug-likeness (QED) is 0.682. The van der Waals surface area contributed by atoms with Crippen LogP contribution >= 0.6 is 0 Å². The minimum Gasteiger partial charge on any atom is -0.507 e. The van der Waals surface area contributed by atoms with Gasteiger partial charge in [0.1, 0.15) is 11.5 Å². The fourth-order valence-corrected chi connectivity index (χ4v) is 3.51. The molecule has 0 aliphatic heterocycles. The number of unbranched alkanes of at least 4 members (excludes halogenated alkanes) is 2. The molecule has 2 aromatic carbocycles. The molecule has 4 nitrogen and oxygen atoms in total. The van der Waals surface area contributed by atoms with Crippen LogP contribution in [0.25, 0.3) is 0 Å². The van der Waals surface area contributed by atoms with E-state index in [0.29, 0.717) is 24.0 Å². The van der Waals surface area contributed by atoms with E-state index in [4.69, 9.17) is 0 Å². The van der Waals surface area contributed by atoms with Crippen LogP contribution < -0.4 is 0 Å². The SMILES string of the molecule is CCCCc1ccc2c(c1O)C(=O)c1ccc(CCCC)c(O)c1C2=O. The minimum absolute atomic E-state index is 0.0665. The number of aryl methyl sites for hydroxylation is 2. The summed E-state index contributed by atoms with van der Waals surface area (Å²) in [4.78, 5) is 25.9. The molecule has 0 radical (unpaired) electrons. The number of carbonyl (C=O) groups is 2. The first-order valence-electron chi connectivity index (χ1n) is 9.30. The number of aromatic hydroxyl groups is 2. The zero-order valence-electron chi connectivity index (χ0n) is 15.3. The molecule has 0 saturated heterocycles. The van der Waals surface area contributed by atoms with Gasteiger partial charge in [-0.25, -0.2) is 0 Å². The lowest BCUT2D eigenvalue weighted by Crippen LogP contribution is -2.22. The number of phenols is 2. The number of rotatable bonds is 6. The molecule has 0 spiro atoms. The Bertz CT molecular complexity index is 807. The summed E-state index contributed by atoms with van der Waals surface area (Å²) in [6, 6.07) is 6.61. The van der Waals surface area contributed by atoms with Gasteiger partial charge in [0.05, 0.1) is 11.1 Å². The first kappa shape index (κ1) is 18.2. The van der Waals surface area contributed by atoms with Crippen LogP contribution in [0.1, 0.15) is 82.5 Å². The summed E-state index contributed by atoms with van der Waals surface area (Å²) in [7, 11) is 0. The zero-order valence-corrected chi connectivity index (χ0v) is 15.3. The Labute approximate surface area is 153 Å². The highest BCUT2D eigenvalue weighted by atomic mass is 16.3. The first-order chi connectivity index (χ1) is 12.5. The topological polar surface area (TPSA) is 74.6 Å². The van der Waals surface area contributed by atoms with Crippen LogP contribution in [0.2, 0.25) is 0 Å². The van der Waals surface area contributed by atoms with E-state index >= 15 is 0 Å². The molecule has 2 aromatic rings. The Morgan fingerprint density at radius 1 is 0.692 bits per heavy atom. The standard InChI is InChI=1S/C22H24O4/c1-3-5-7-13-9-11-15-17(19(13)23)21(25)16-12-10-14(8-6-4-2)20(24)18(16)22(15)26/h9-12,23-24H,3-8H2,1-2H3. The highest BCUT2D eigenvalue weighted by Gasteiger charge is 2.35. The van der Waals surface area contributed by atoms with Crippen molar-refractivity contribution in [2.75, 3.05) is 0 Å². The van der Waals surface area contributed by atoms with E-state index in [9.17, 15) is 19.8 Å². The highest BCUT2D eigenvalue weighted by Crippen LogP contribution is 2.39. The van der Waals surface area contributed by atoms with Gasteiger partial charge in [-0.1, -0.05) is 38.8 Å². The van der Waals surface area contributed by atoms with Crippen molar-refractivity contribution in [3.8, 4) is 11.5 Å². The molecule has 0 unspecified atom stereocenters. The maximum absolute atomic E-state index is 13.0. The highest BCUT2D eigenvalue weighted by molar-refractivity contribution is 6.30. The minimum atomic E-state index is -0.400. The van der Waals surface area contributed by atoms with Gasteiger partial charge in [-0.15, -0.1) is 0 Å². The van der Waals surface area contributed by atoms with Crippen LogP contribution in [0.4, 0.5) is 0 Å². The van der Waals surface area contributed by atoms with Gasteiger partial charge < -0.3 is 10.2 Å². The number of carbonyl (C=O) groups excluding carboxylic acids is 2. The largest absolute Gasteiger partial charge is 0.507 e. The average Bonchev–Trinajstić information content (AvgIpc) is 2.64. The summed E-state index contributed by atoms with van der Waals surface area (Å²) < 4.78 is 0. The number of benzene rings is 2. The number of hydrogen-bond donors (Lipinski definition) is 2. The predicted molar refractivity (Wildman–Crippen MR) is 100 cm³/mol. The van der Waals surface area contributed by atoms with Crippen molar-refractivity contribution in [1.29, 1.82) is 0 Å². The maximum atomic E-state index is 13.0. The van der Waals surface area contributed by atoms with E-state index in [-0.39, 0.29) is 33.8 Å². The van der Waals surface area contributed by atoms with E-state index in [1.54, 1.807) is 24.3 Å². The van der Waals surface area contributed by atoms with Crippen LogP contribution in [0, 0.1) is 0 Å². The molecule has 2 N–H and O–H groups in total. The van der Waals surface area contributed by atoms with Gasteiger partial charge in [-0.3, -0.25) is 9.59 Å². The van der Waals surface area contributed by atoms with Gasteiger partial charge in [0.2, 0.25) is 0 Å². The first-order valence-corrected chi connectivity index (χ1v) is 9.30. The fourth-order valence-electron chi connectivity index (χ4n) is 3.51. The molecule has 0 heterocycles. The second-order valence-corrected chi connectivity index (χ2v) is 6.86. The molecule has 0 fully saturated rings. The molecule has 1 aliphatic rings. The predicted octanol–water partition coefficient (Wildman–Crippen LogP) is 4.56. The number of hydrogen-bond acceptors (Lipinski definition) is 4. The average molecular weight is 352 g/mol. The van der Waals surface area contributed by atoms with Gasteiger partial charge in [0.15, 0.2) is 11.6 Å². The Kier molecular flexibility index (Phi) is 5.12. The van der Waals surface area contributed by atoms with Crippen molar-refractivity contribution in [3.63, 3.8) is 0 Å². The van der Waals surface area contributed by atoms with Crippen LogP contribution in [0.5, 0.6) is 11.5 Å². The van der Waals surface area contributed by atoms with Crippen molar-refractivity contribution in [2.45, 2.75) is 52.4 Å². The van der Waals surface area contributed by atoms with Crippen LogP contribution in [0.15, 0.2) is 24.3 Å². The Hall–Kier alpha value is -2.62. The molecular weight excluding hydrogens is 328 g/mol. The Morgan fingerprint density at radius 2 is 1.08 bits per heavy atom. The van der Waals surface area contributed by atoms with Gasteiger partial charge in [-0.05, 0) is 48.9 Å². The van der Waals surface area contributed by atoms with Crippen molar-refractivity contribution < 1.29 is 19.8 Å². The second kappa shape index (κ2) is 7.32. The summed E-state index contributed by atoms with van der Waals surface area (Å²) in [5.74, 6) is -1.01. The lowest BCUT2D eigenvalue weighted by molar-refractivity contribution is 0.0974. The monoisotopic (exact) mass is 352 g/mol. The molecular formula is C22H24O4. The third kappa shape index (κ3) is 2.90. The van der Waals surface area contributed by atoms with Gasteiger partial charge in [0.25, 0.3) is 0 Å². The second-order valence-electron chi connectivity index (χ2n) is 6.86. The van der Waals surface area contributed by atoms with Crippen molar-refractivity contribution in [1.82, 2.24) is 0 Å². The van der Waals surface area contributed by atoms with Gasteiger partial charge in [-0.2, -0.15) is 0 Å². The fraction of sp³-hybridized carbons (Fsp3) is 0.364. The molecule has 0 amide bonds. The maximum Gasteiger partial charge on any atom is 0.198 e. The molecule has 136 valence electrons. The van der Waals surface area contributed by atoms with Gasteiger partial charge >= 0.3 is 0 Å². The van der Waals surface area contributed by atoms with Crippen LogP contribution in [-0.2, 0) is 12.8 Å². The molecule has 1 aliphatic carbocycles. The van der Waals surface area contributed by atoms with Crippen molar-refractivity contribution in [2.24, 2.45) is 0 Å². The number of fused-ring (bicyclic) bond motifs is 2. The number of ketones is 2. The molecule has 0 aromatic heterocycles. The smallest absolute Gasteiger partial charge is 0.198 e. The summed E-state index contributed by atoms with van der Waals surface area (Å²) in [5, 5.41) is 21.2. The van der Waals surface area contributed by atoms with Gasteiger partial charge in [0, 0.05) is 11.1 Å².